The number of non-ortho nitro benzene ring substituents is 1. The summed E-state index contributed by atoms with van der Waals surface area (Å²) in [6.07, 6.45) is 1.63. The quantitative estimate of drug-likeness (QED) is 0.375. The third-order valence-electron chi connectivity index (χ3n) is 5.59. The number of aromatic nitrogens is 1. The number of aryl methyl sites for hydroxylation is 1. The first kappa shape index (κ1) is 22.7. The van der Waals surface area contributed by atoms with Crippen molar-refractivity contribution in [2.24, 2.45) is 0 Å². The van der Waals surface area contributed by atoms with Crippen LogP contribution in [0.4, 0.5) is 10.5 Å². The first-order valence-corrected chi connectivity index (χ1v) is 11.1. The van der Waals surface area contributed by atoms with Gasteiger partial charge in [0.1, 0.15) is 6.54 Å². The number of imide groups is 1. The molecule has 0 radical (unpaired) electrons. The van der Waals surface area contributed by atoms with Gasteiger partial charge in [0, 0.05) is 36.6 Å². The average molecular weight is 471 g/mol. The molecule has 10 nitrogen and oxygen atoms in total. The summed E-state index contributed by atoms with van der Waals surface area (Å²) in [7, 11) is 0. The average Bonchev–Trinajstić information content (AvgIpc) is 3.23. The molecule has 0 N–H and O–H groups in total. The molecule has 2 aromatic rings. The number of thioether (sulfide) groups is 1. The van der Waals surface area contributed by atoms with Crippen LogP contribution in [-0.2, 0) is 14.3 Å². The van der Waals surface area contributed by atoms with E-state index < -0.39 is 16.1 Å². The highest BCUT2D eigenvalue weighted by Crippen LogP contribution is 2.34. The molecule has 0 bridgehead atoms. The summed E-state index contributed by atoms with van der Waals surface area (Å²) in [5.41, 5.74) is 2.91. The van der Waals surface area contributed by atoms with Gasteiger partial charge in [-0.25, -0.2) is 0 Å². The topological polar surface area (TPSA) is 115 Å². The van der Waals surface area contributed by atoms with Crippen molar-refractivity contribution in [2.45, 2.75) is 13.8 Å². The summed E-state index contributed by atoms with van der Waals surface area (Å²) in [6, 6.07) is 8.13. The Kier molecular flexibility index (Phi) is 6.34. The summed E-state index contributed by atoms with van der Waals surface area (Å²) in [5.74, 6) is -0.794. The number of amides is 3. The molecule has 0 spiro atoms. The summed E-state index contributed by atoms with van der Waals surface area (Å²) < 4.78 is 7.08. The van der Waals surface area contributed by atoms with E-state index in [1.54, 1.807) is 23.1 Å². The molecule has 0 unspecified atom stereocenters. The van der Waals surface area contributed by atoms with E-state index in [4.69, 9.17) is 4.74 Å². The molecular weight excluding hydrogens is 448 g/mol. The van der Waals surface area contributed by atoms with Gasteiger partial charge in [-0.2, -0.15) is 0 Å². The van der Waals surface area contributed by atoms with Crippen molar-refractivity contribution in [3.8, 4) is 5.69 Å². The Labute approximate surface area is 193 Å². The van der Waals surface area contributed by atoms with Gasteiger partial charge in [-0.15, -0.1) is 0 Å². The number of hydrogen-bond donors (Lipinski definition) is 0. The summed E-state index contributed by atoms with van der Waals surface area (Å²) in [5, 5.41) is 10.7. The van der Waals surface area contributed by atoms with E-state index in [-0.39, 0.29) is 23.0 Å². The molecule has 1 aromatic carbocycles. The Morgan fingerprint density at radius 1 is 1.21 bits per heavy atom. The molecule has 1 aromatic heterocycles. The highest BCUT2D eigenvalue weighted by molar-refractivity contribution is 8.18. The largest absolute Gasteiger partial charge is 0.378 e. The first-order chi connectivity index (χ1) is 15.8. The normalized spacial score (nSPS) is 17.8. The third kappa shape index (κ3) is 4.55. The van der Waals surface area contributed by atoms with Gasteiger partial charge in [-0.05, 0) is 49.4 Å². The summed E-state index contributed by atoms with van der Waals surface area (Å²) in [6.45, 7) is 5.15. The maximum atomic E-state index is 12.9. The number of morpholine rings is 1. The monoisotopic (exact) mass is 470 g/mol. The van der Waals surface area contributed by atoms with Gasteiger partial charge in [0.05, 0.1) is 28.7 Å². The third-order valence-corrected chi connectivity index (χ3v) is 6.49. The molecular formula is C22H22N4O6S. The molecule has 3 heterocycles. The van der Waals surface area contributed by atoms with Crippen molar-refractivity contribution in [2.75, 3.05) is 32.8 Å². The van der Waals surface area contributed by atoms with Crippen LogP contribution in [0.1, 0.15) is 17.0 Å². The van der Waals surface area contributed by atoms with Crippen molar-refractivity contribution >= 4 is 40.6 Å². The van der Waals surface area contributed by atoms with E-state index in [9.17, 15) is 24.5 Å². The molecule has 11 heteroatoms. The lowest BCUT2D eigenvalue weighted by molar-refractivity contribution is -0.384. The highest BCUT2D eigenvalue weighted by Gasteiger charge is 2.37. The van der Waals surface area contributed by atoms with Gasteiger partial charge >= 0.3 is 0 Å². The van der Waals surface area contributed by atoms with Crippen molar-refractivity contribution in [1.82, 2.24) is 14.4 Å². The number of benzene rings is 1. The van der Waals surface area contributed by atoms with Crippen molar-refractivity contribution in [1.29, 1.82) is 0 Å². The molecule has 2 aliphatic rings. The lowest BCUT2D eigenvalue weighted by Gasteiger charge is -2.28. The van der Waals surface area contributed by atoms with Crippen LogP contribution in [-0.4, -0.2) is 69.2 Å². The number of carbonyl (C=O) groups is 3. The second-order valence-corrected chi connectivity index (χ2v) is 8.69. The van der Waals surface area contributed by atoms with E-state index in [1.165, 1.54) is 12.1 Å². The number of nitro benzene ring substituents is 1. The molecule has 33 heavy (non-hydrogen) atoms. The maximum absolute atomic E-state index is 12.9. The van der Waals surface area contributed by atoms with Gasteiger partial charge in [-0.3, -0.25) is 29.4 Å². The smallest absolute Gasteiger partial charge is 0.294 e. The van der Waals surface area contributed by atoms with Crippen LogP contribution >= 0.6 is 11.8 Å². The number of hydrogen-bond acceptors (Lipinski definition) is 7. The number of carbonyl (C=O) groups excluding carboxylic acids is 3. The number of nitrogens with zero attached hydrogens (tertiary/aromatic N) is 4. The standard InChI is InChI=1S/C22H22N4O6S/c1-14-10-16(15(2)25(14)17-4-3-5-18(12-17)26(30)31)11-19-21(28)24(22(29)33-19)13-20(27)23-6-8-32-9-7-23/h3-5,10-12H,6-9,13H2,1-2H3/b19-11+. The van der Waals surface area contributed by atoms with Crippen LogP contribution < -0.4 is 0 Å². The molecule has 0 atom stereocenters. The Balaban J connectivity index is 1.57. The van der Waals surface area contributed by atoms with Crippen LogP contribution in [0.15, 0.2) is 35.2 Å². The fourth-order valence-electron chi connectivity index (χ4n) is 3.90. The van der Waals surface area contributed by atoms with Crippen molar-refractivity contribution < 1.29 is 24.0 Å². The predicted molar refractivity (Wildman–Crippen MR) is 122 cm³/mol. The fraction of sp³-hybridized carbons (Fsp3) is 0.318. The lowest BCUT2D eigenvalue weighted by Crippen LogP contribution is -2.46. The molecule has 4 rings (SSSR count). The van der Waals surface area contributed by atoms with Crippen LogP contribution in [0.25, 0.3) is 11.8 Å². The Hall–Kier alpha value is -3.44. The Morgan fingerprint density at radius 2 is 1.94 bits per heavy atom. The maximum Gasteiger partial charge on any atom is 0.294 e. The molecule has 172 valence electrons. The number of rotatable bonds is 5. The van der Waals surface area contributed by atoms with Gasteiger partial charge in [0.15, 0.2) is 0 Å². The van der Waals surface area contributed by atoms with Crippen molar-refractivity contribution in [3.05, 3.63) is 62.3 Å². The van der Waals surface area contributed by atoms with Crippen LogP contribution in [0.3, 0.4) is 0 Å². The van der Waals surface area contributed by atoms with Crippen molar-refractivity contribution in [3.63, 3.8) is 0 Å². The minimum absolute atomic E-state index is 0.0207. The SMILES string of the molecule is Cc1cc(/C=C2/SC(=O)N(CC(=O)N3CCOCC3)C2=O)c(C)n1-c1cccc([N+](=O)[O-])c1. The highest BCUT2D eigenvalue weighted by atomic mass is 32.2. The van der Waals surface area contributed by atoms with E-state index in [0.29, 0.717) is 37.6 Å². The molecule has 3 amide bonds. The molecule has 2 fully saturated rings. The van der Waals surface area contributed by atoms with Crippen LogP contribution in [0.2, 0.25) is 0 Å². The molecule has 2 saturated heterocycles. The van der Waals surface area contributed by atoms with Gasteiger partial charge in [-0.1, -0.05) is 6.07 Å². The van der Waals surface area contributed by atoms with E-state index in [1.807, 2.05) is 24.5 Å². The van der Waals surface area contributed by atoms with E-state index >= 15 is 0 Å². The minimum atomic E-state index is -0.508. The zero-order valence-corrected chi connectivity index (χ0v) is 19.0. The zero-order valence-electron chi connectivity index (χ0n) is 18.1. The first-order valence-electron chi connectivity index (χ1n) is 10.3. The Bertz CT molecular complexity index is 1180. The van der Waals surface area contributed by atoms with Gasteiger partial charge in [0.2, 0.25) is 5.91 Å². The summed E-state index contributed by atoms with van der Waals surface area (Å²) >= 11 is 0.796. The summed E-state index contributed by atoms with van der Waals surface area (Å²) in [4.78, 5) is 51.3. The molecule has 2 aliphatic heterocycles. The van der Waals surface area contributed by atoms with E-state index in [0.717, 1.165) is 28.0 Å². The molecule has 0 saturated carbocycles. The lowest BCUT2D eigenvalue weighted by atomic mass is 10.2. The number of ether oxygens (including phenoxy) is 1. The van der Waals surface area contributed by atoms with Crippen LogP contribution in [0.5, 0.6) is 0 Å². The fourth-order valence-corrected chi connectivity index (χ4v) is 4.73. The van der Waals surface area contributed by atoms with Gasteiger partial charge < -0.3 is 14.2 Å². The van der Waals surface area contributed by atoms with E-state index in [2.05, 4.69) is 0 Å². The van der Waals surface area contributed by atoms with Crippen LogP contribution in [0, 0.1) is 24.0 Å². The molecule has 0 aliphatic carbocycles. The zero-order chi connectivity index (χ0) is 23.7. The second kappa shape index (κ2) is 9.20. The predicted octanol–water partition coefficient (Wildman–Crippen LogP) is 2.90. The Morgan fingerprint density at radius 3 is 2.64 bits per heavy atom. The second-order valence-electron chi connectivity index (χ2n) is 7.70. The minimum Gasteiger partial charge on any atom is -0.378 e. The number of nitro groups is 1. The van der Waals surface area contributed by atoms with Gasteiger partial charge in [0.25, 0.3) is 16.8 Å².